The SMILES string of the molecule is CCOc1cc([C@H](C)N2CCc3c(cc(Cn4ccnc4C)cc3-c3nc(C(F)F)nn3C)C2=O)ncc1C#N. The van der Waals surface area contributed by atoms with Gasteiger partial charge in [0.2, 0.25) is 5.82 Å². The zero-order chi connectivity index (χ0) is 28.6. The molecule has 0 saturated carbocycles. The van der Waals surface area contributed by atoms with Gasteiger partial charge in [-0.3, -0.25) is 9.78 Å². The first-order valence-electron chi connectivity index (χ1n) is 12.9. The lowest BCUT2D eigenvalue weighted by Gasteiger charge is -2.34. The minimum absolute atomic E-state index is 0.209. The summed E-state index contributed by atoms with van der Waals surface area (Å²) in [4.78, 5) is 28.6. The number of nitrogens with zero attached hydrogens (tertiary/aromatic N) is 8. The number of pyridine rings is 1. The zero-order valence-electron chi connectivity index (χ0n) is 22.6. The standard InChI is InChI=1S/C28H28F2N8O2/c1-5-40-24-12-23(33-14-19(24)13-31)16(2)38-8-6-20-21(27-34-26(25(29)30)35-36(27)4)10-18(11-22(20)28(38)39)15-37-9-7-32-17(37)3/h7,9-12,14,16,25H,5-6,8,15H2,1-4H3/t16-/m0/s1. The first-order chi connectivity index (χ1) is 19.2. The first kappa shape index (κ1) is 26.9. The predicted molar refractivity (Wildman–Crippen MR) is 141 cm³/mol. The number of hydrogen-bond donors (Lipinski definition) is 0. The number of benzene rings is 1. The second kappa shape index (κ2) is 10.8. The van der Waals surface area contributed by atoms with Gasteiger partial charge in [-0.2, -0.15) is 5.26 Å². The molecule has 12 heteroatoms. The Kier molecular flexibility index (Phi) is 7.30. The number of carbonyl (C=O) groups excluding carboxylic acids is 1. The first-order valence-corrected chi connectivity index (χ1v) is 12.9. The van der Waals surface area contributed by atoms with Crippen LogP contribution in [0.4, 0.5) is 8.78 Å². The number of ether oxygens (including phenoxy) is 1. The fourth-order valence-corrected chi connectivity index (χ4v) is 5.04. The third kappa shape index (κ3) is 4.90. The molecule has 5 rings (SSSR count). The van der Waals surface area contributed by atoms with E-state index in [0.29, 0.717) is 54.3 Å². The number of alkyl halides is 2. The highest BCUT2D eigenvalue weighted by Gasteiger charge is 2.33. The quantitative estimate of drug-likeness (QED) is 0.322. The number of nitriles is 1. The van der Waals surface area contributed by atoms with Crippen LogP contribution in [0.2, 0.25) is 0 Å². The monoisotopic (exact) mass is 546 g/mol. The Morgan fingerprint density at radius 3 is 2.62 bits per heavy atom. The van der Waals surface area contributed by atoms with Crippen molar-refractivity contribution in [2.45, 2.75) is 46.2 Å². The summed E-state index contributed by atoms with van der Waals surface area (Å²) in [7, 11) is 1.57. The number of halogens is 2. The van der Waals surface area contributed by atoms with E-state index in [4.69, 9.17) is 4.74 Å². The fourth-order valence-electron chi connectivity index (χ4n) is 5.04. The van der Waals surface area contributed by atoms with E-state index in [1.165, 1.54) is 10.9 Å². The van der Waals surface area contributed by atoms with E-state index >= 15 is 0 Å². The van der Waals surface area contributed by atoms with Crippen molar-refractivity contribution in [2.75, 3.05) is 13.2 Å². The van der Waals surface area contributed by atoms with Crippen LogP contribution in [0.5, 0.6) is 5.75 Å². The molecule has 1 aliphatic heterocycles. The molecule has 40 heavy (non-hydrogen) atoms. The van der Waals surface area contributed by atoms with Gasteiger partial charge >= 0.3 is 0 Å². The Morgan fingerprint density at radius 1 is 1.20 bits per heavy atom. The average Bonchev–Trinajstić information content (AvgIpc) is 3.53. The van der Waals surface area contributed by atoms with Gasteiger partial charge in [-0.1, -0.05) is 0 Å². The van der Waals surface area contributed by atoms with Crippen LogP contribution >= 0.6 is 0 Å². The molecule has 0 N–H and O–H groups in total. The van der Waals surface area contributed by atoms with Gasteiger partial charge in [0.1, 0.15) is 23.2 Å². The molecule has 10 nitrogen and oxygen atoms in total. The fraction of sp³-hybridized carbons (Fsp3) is 0.357. The Hall–Kier alpha value is -4.66. The van der Waals surface area contributed by atoms with Crippen LogP contribution in [0, 0.1) is 18.3 Å². The number of amides is 1. The maximum absolute atomic E-state index is 14.0. The van der Waals surface area contributed by atoms with Gasteiger partial charge in [-0.05, 0) is 50.5 Å². The topological polar surface area (TPSA) is 115 Å². The van der Waals surface area contributed by atoms with Gasteiger partial charge in [0.05, 0.1) is 18.3 Å². The van der Waals surface area contributed by atoms with Crippen molar-refractivity contribution in [2.24, 2.45) is 7.05 Å². The number of hydrogen-bond acceptors (Lipinski definition) is 7. The van der Waals surface area contributed by atoms with E-state index in [1.807, 2.05) is 43.7 Å². The maximum Gasteiger partial charge on any atom is 0.299 e. The molecule has 0 aliphatic carbocycles. The summed E-state index contributed by atoms with van der Waals surface area (Å²) in [6.45, 7) is 6.79. The molecule has 0 unspecified atom stereocenters. The Morgan fingerprint density at radius 2 is 1.98 bits per heavy atom. The third-order valence-corrected chi connectivity index (χ3v) is 7.10. The summed E-state index contributed by atoms with van der Waals surface area (Å²) in [5.74, 6) is 0.733. The number of fused-ring (bicyclic) bond motifs is 1. The summed E-state index contributed by atoms with van der Waals surface area (Å²) in [6, 6.07) is 7.11. The number of rotatable bonds is 8. The lowest BCUT2D eigenvalue weighted by molar-refractivity contribution is 0.0669. The molecule has 0 saturated heterocycles. The largest absolute Gasteiger partial charge is 0.492 e. The van der Waals surface area contributed by atoms with Crippen LogP contribution in [-0.4, -0.2) is 53.3 Å². The van der Waals surface area contributed by atoms with Gasteiger partial charge in [0, 0.05) is 55.9 Å². The summed E-state index contributed by atoms with van der Waals surface area (Å²) in [6.07, 6.45) is 2.66. The predicted octanol–water partition coefficient (Wildman–Crippen LogP) is 4.40. The summed E-state index contributed by atoms with van der Waals surface area (Å²) in [5, 5.41) is 13.3. The van der Waals surface area contributed by atoms with Crippen molar-refractivity contribution in [3.63, 3.8) is 0 Å². The molecule has 0 radical (unpaired) electrons. The van der Waals surface area contributed by atoms with E-state index in [0.717, 1.165) is 17.0 Å². The molecule has 4 heterocycles. The smallest absolute Gasteiger partial charge is 0.299 e. The molecule has 1 aromatic carbocycles. The molecular formula is C28H28F2N8O2. The highest BCUT2D eigenvalue weighted by atomic mass is 19.3. The summed E-state index contributed by atoms with van der Waals surface area (Å²) < 4.78 is 35.8. The van der Waals surface area contributed by atoms with Crippen LogP contribution in [0.15, 0.2) is 36.8 Å². The van der Waals surface area contributed by atoms with Crippen molar-refractivity contribution in [1.29, 1.82) is 5.26 Å². The minimum Gasteiger partial charge on any atom is -0.492 e. The van der Waals surface area contributed by atoms with Crippen molar-refractivity contribution in [3.05, 3.63) is 76.4 Å². The third-order valence-electron chi connectivity index (χ3n) is 7.10. The van der Waals surface area contributed by atoms with Crippen LogP contribution in [0.1, 0.15) is 70.7 Å². The second-order valence-electron chi connectivity index (χ2n) is 9.56. The van der Waals surface area contributed by atoms with E-state index in [1.54, 1.807) is 24.2 Å². The zero-order valence-corrected chi connectivity index (χ0v) is 22.6. The molecule has 0 spiro atoms. The normalized spacial score (nSPS) is 13.8. The second-order valence-corrected chi connectivity index (χ2v) is 9.56. The molecule has 1 amide bonds. The van der Waals surface area contributed by atoms with Gasteiger partial charge in [-0.15, -0.1) is 5.10 Å². The summed E-state index contributed by atoms with van der Waals surface area (Å²) >= 11 is 0. The number of aromatic nitrogens is 6. The van der Waals surface area contributed by atoms with Gasteiger partial charge in [0.25, 0.3) is 12.3 Å². The van der Waals surface area contributed by atoms with Crippen molar-refractivity contribution < 1.29 is 18.3 Å². The highest BCUT2D eigenvalue weighted by Crippen LogP contribution is 2.35. The van der Waals surface area contributed by atoms with E-state index in [-0.39, 0.29) is 11.7 Å². The Bertz CT molecular complexity index is 1620. The molecule has 3 aromatic heterocycles. The van der Waals surface area contributed by atoms with E-state index < -0.39 is 18.3 Å². The Balaban J connectivity index is 1.57. The average molecular weight is 547 g/mol. The van der Waals surface area contributed by atoms with Gasteiger partial charge in [-0.25, -0.2) is 23.4 Å². The van der Waals surface area contributed by atoms with Crippen LogP contribution in [0.25, 0.3) is 11.4 Å². The van der Waals surface area contributed by atoms with Crippen LogP contribution in [0.3, 0.4) is 0 Å². The molecular weight excluding hydrogens is 518 g/mol. The number of aryl methyl sites for hydroxylation is 2. The Labute approximate surface area is 229 Å². The molecule has 0 fully saturated rings. The van der Waals surface area contributed by atoms with Crippen LogP contribution < -0.4 is 4.74 Å². The molecule has 1 aliphatic rings. The molecule has 0 bridgehead atoms. The van der Waals surface area contributed by atoms with E-state index in [2.05, 4.69) is 26.1 Å². The molecule has 4 aromatic rings. The number of imidazole rings is 1. The maximum atomic E-state index is 14.0. The van der Waals surface area contributed by atoms with Crippen LogP contribution in [-0.2, 0) is 20.0 Å². The van der Waals surface area contributed by atoms with E-state index in [9.17, 15) is 18.8 Å². The van der Waals surface area contributed by atoms with Crippen molar-refractivity contribution >= 4 is 5.91 Å². The summed E-state index contributed by atoms with van der Waals surface area (Å²) in [5.41, 5.74) is 3.53. The lowest BCUT2D eigenvalue weighted by Crippen LogP contribution is -2.40. The van der Waals surface area contributed by atoms with Crippen molar-refractivity contribution in [3.8, 4) is 23.2 Å². The molecule has 206 valence electrons. The number of carbonyl (C=O) groups is 1. The van der Waals surface area contributed by atoms with Gasteiger partial charge in [0.15, 0.2) is 5.82 Å². The molecule has 1 atom stereocenters. The van der Waals surface area contributed by atoms with Crippen molar-refractivity contribution in [1.82, 2.24) is 34.2 Å². The lowest BCUT2D eigenvalue weighted by atomic mass is 9.90. The van der Waals surface area contributed by atoms with Gasteiger partial charge < -0.3 is 14.2 Å². The minimum atomic E-state index is -2.81. The highest BCUT2D eigenvalue weighted by molar-refractivity contribution is 5.99.